The van der Waals surface area contributed by atoms with E-state index in [4.69, 9.17) is 4.98 Å². The van der Waals surface area contributed by atoms with Crippen molar-refractivity contribution in [3.05, 3.63) is 24.0 Å². The number of aromatic nitrogens is 2. The van der Waals surface area contributed by atoms with E-state index in [1.807, 2.05) is 20.0 Å². The van der Waals surface area contributed by atoms with Crippen molar-refractivity contribution < 1.29 is 0 Å². The number of pyridine rings is 1. The van der Waals surface area contributed by atoms with Crippen LogP contribution in [0.4, 0.5) is 5.69 Å². The van der Waals surface area contributed by atoms with E-state index in [1.165, 1.54) is 23.2 Å². The number of hydrogen-bond donors (Lipinski definition) is 1. The van der Waals surface area contributed by atoms with Crippen LogP contribution in [0.25, 0.3) is 11.0 Å². The fraction of sp³-hybridized carbons (Fsp3) is 0.632. The minimum Gasteiger partial charge on any atom is -0.365 e. The van der Waals surface area contributed by atoms with Gasteiger partial charge in [-0.3, -0.25) is 0 Å². The van der Waals surface area contributed by atoms with Crippen LogP contribution in [-0.4, -0.2) is 22.1 Å². The quantitative estimate of drug-likeness (QED) is 0.705. The molecule has 0 bridgehead atoms. The van der Waals surface area contributed by atoms with Crippen molar-refractivity contribution in [1.82, 2.24) is 9.97 Å². The molecular formula is C19H33N3. The number of aryl methyl sites for hydroxylation is 1. The van der Waals surface area contributed by atoms with Crippen LogP contribution >= 0.6 is 0 Å². The molecule has 22 heavy (non-hydrogen) atoms. The summed E-state index contributed by atoms with van der Waals surface area (Å²) in [5.74, 6) is 0.715. The van der Waals surface area contributed by atoms with Crippen LogP contribution in [0.3, 0.4) is 0 Å². The number of nitrogens with one attached hydrogen (secondary N) is 1. The summed E-state index contributed by atoms with van der Waals surface area (Å²) < 4.78 is 0. The van der Waals surface area contributed by atoms with Gasteiger partial charge in [0.1, 0.15) is 5.65 Å². The van der Waals surface area contributed by atoms with Crippen molar-refractivity contribution >= 4 is 16.7 Å². The minimum atomic E-state index is 0. The lowest BCUT2D eigenvalue weighted by atomic mass is 10.0. The maximum Gasteiger partial charge on any atom is 0.137 e. The second-order valence-electron chi connectivity index (χ2n) is 6.79. The fourth-order valence-electron chi connectivity index (χ4n) is 2.95. The molecule has 0 aromatic carbocycles. The number of fused-ring (bicyclic) bond motifs is 2. The predicted octanol–water partition coefficient (Wildman–Crippen LogP) is 5.41. The smallest absolute Gasteiger partial charge is 0.137 e. The van der Waals surface area contributed by atoms with E-state index in [1.54, 1.807) is 0 Å². The molecule has 1 aliphatic rings. The maximum absolute atomic E-state index is 4.84. The first-order chi connectivity index (χ1) is 9.95. The van der Waals surface area contributed by atoms with Crippen molar-refractivity contribution in [3.63, 3.8) is 0 Å². The molecule has 1 unspecified atom stereocenters. The average molecular weight is 303 g/mol. The van der Waals surface area contributed by atoms with E-state index in [2.05, 4.69) is 49.7 Å². The Balaban J connectivity index is 0.000000775. The SMILES string of the molecule is C.CC.CC1CCc2nc3[nH]ccc3cc2N(C(C)(C)C)C1. The molecule has 1 aliphatic heterocycles. The summed E-state index contributed by atoms with van der Waals surface area (Å²) in [4.78, 5) is 10.6. The Kier molecular flexibility index (Phi) is 6.04. The zero-order valence-electron chi connectivity index (χ0n) is 14.3. The number of H-pyrrole nitrogens is 1. The molecule has 3 rings (SSSR count). The number of anilines is 1. The summed E-state index contributed by atoms with van der Waals surface area (Å²) in [6.45, 7) is 14.3. The standard InChI is InChI=1S/C16H23N3.C2H6.CH4/c1-11-5-6-13-14(19(10-11)16(2,3)4)9-12-7-8-17-15(12)18-13;1-2;/h7-9,11H,5-6,10H2,1-4H3,(H,17,18);1-2H3;1H4. The second kappa shape index (κ2) is 7.17. The molecule has 0 saturated carbocycles. The molecule has 3 nitrogen and oxygen atoms in total. The van der Waals surface area contributed by atoms with Gasteiger partial charge in [0.15, 0.2) is 0 Å². The van der Waals surface area contributed by atoms with Gasteiger partial charge in [-0.2, -0.15) is 0 Å². The van der Waals surface area contributed by atoms with Crippen LogP contribution in [0, 0.1) is 5.92 Å². The molecule has 1 N–H and O–H groups in total. The number of hydrogen-bond acceptors (Lipinski definition) is 2. The molecule has 1 atom stereocenters. The first-order valence-corrected chi connectivity index (χ1v) is 8.20. The van der Waals surface area contributed by atoms with Gasteiger partial charge >= 0.3 is 0 Å². The van der Waals surface area contributed by atoms with Crippen molar-refractivity contribution in [2.24, 2.45) is 5.92 Å². The van der Waals surface area contributed by atoms with Gasteiger partial charge in [0.2, 0.25) is 0 Å². The molecule has 0 fully saturated rings. The lowest BCUT2D eigenvalue weighted by molar-refractivity contribution is 0.446. The zero-order valence-corrected chi connectivity index (χ0v) is 14.3. The van der Waals surface area contributed by atoms with Crippen molar-refractivity contribution in [2.45, 2.75) is 67.3 Å². The van der Waals surface area contributed by atoms with Crippen LogP contribution in [-0.2, 0) is 6.42 Å². The summed E-state index contributed by atoms with van der Waals surface area (Å²) in [6.07, 6.45) is 4.28. The van der Waals surface area contributed by atoms with E-state index in [9.17, 15) is 0 Å². The minimum absolute atomic E-state index is 0. The van der Waals surface area contributed by atoms with Gasteiger partial charge in [0, 0.05) is 23.7 Å². The Bertz CT molecular complexity index is 592. The van der Waals surface area contributed by atoms with Crippen LogP contribution in [0.15, 0.2) is 18.3 Å². The highest BCUT2D eigenvalue weighted by molar-refractivity contribution is 5.81. The summed E-state index contributed by atoms with van der Waals surface area (Å²) in [6, 6.07) is 4.41. The molecule has 2 aromatic rings. The molecule has 0 amide bonds. The monoisotopic (exact) mass is 303 g/mol. The van der Waals surface area contributed by atoms with Crippen LogP contribution in [0.2, 0.25) is 0 Å². The lowest BCUT2D eigenvalue weighted by Crippen LogP contribution is -2.43. The number of nitrogens with zero attached hydrogens (tertiary/aromatic N) is 2. The summed E-state index contributed by atoms with van der Waals surface area (Å²) in [5.41, 5.74) is 3.72. The number of rotatable bonds is 0. The van der Waals surface area contributed by atoms with Crippen molar-refractivity contribution in [1.29, 1.82) is 0 Å². The van der Waals surface area contributed by atoms with Crippen LogP contribution in [0.1, 0.15) is 61.1 Å². The van der Waals surface area contributed by atoms with Crippen LogP contribution < -0.4 is 4.90 Å². The molecule has 2 aromatic heterocycles. The topological polar surface area (TPSA) is 31.9 Å². The molecule has 0 aliphatic carbocycles. The third-order valence-electron chi connectivity index (χ3n) is 4.06. The van der Waals surface area contributed by atoms with Gasteiger partial charge in [0.05, 0.1) is 11.4 Å². The predicted molar refractivity (Wildman–Crippen MR) is 98.8 cm³/mol. The van der Waals surface area contributed by atoms with Gasteiger partial charge in [-0.25, -0.2) is 4.98 Å². The molecule has 0 spiro atoms. The summed E-state index contributed by atoms with van der Waals surface area (Å²) >= 11 is 0. The van der Waals surface area contributed by atoms with Gasteiger partial charge in [-0.1, -0.05) is 28.2 Å². The second-order valence-corrected chi connectivity index (χ2v) is 6.79. The molecule has 0 saturated heterocycles. The highest BCUT2D eigenvalue weighted by Crippen LogP contribution is 2.34. The van der Waals surface area contributed by atoms with Crippen molar-refractivity contribution in [3.8, 4) is 0 Å². The Morgan fingerprint density at radius 2 is 1.95 bits per heavy atom. The van der Waals surface area contributed by atoms with Crippen molar-refractivity contribution in [2.75, 3.05) is 11.4 Å². The fourth-order valence-corrected chi connectivity index (χ4v) is 2.95. The molecular weight excluding hydrogens is 270 g/mol. The molecule has 124 valence electrons. The van der Waals surface area contributed by atoms with E-state index < -0.39 is 0 Å². The highest BCUT2D eigenvalue weighted by atomic mass is 15.2. The van der Waals surface area contributed by atoms with Gasteiger partial charge < -0.3 is 9.88 Å². The Morgan fingerprint density at radius 3 is 2.59 bits per heavy atom. The number of aromatic amines is 1. The normalized spacial score (nSPS) is 17.9. The third-order valence-corrected chi connectivity index (χ3v) is 4.06. The molecule has 0 radical (unpaired) electrons. The molecule has 3 heteroatoms. The third kappa shape index (κ3) is 3.63. The Morgan fingerprint density at radius 1 is 1.27 bits per heavy atom. The highest BCUT2D eigenvalue weighted by Gasteiger charge is 2.28. The van der Waals surface area contributed by atoms with E-state index in [-0.39, 0.29) is 13.0 Å². The Hall–Kier alpha value is -1.51. The first kappa shape index (κ1) is 18.5. The van der Waals surface area contributed by atoms with E-state index in [0.717, 1.165) is 18.6 Å². The molecule has 3 heterocycles. The lowest BCUT2D eigenvalue weighted by Gasteiger charge is -2.38. The van der Waals surface area contributed by atoms with E-state index in [0.29, 0.717) is 5.92 Å². The maximum atomic E-state index is 4.84. The summed E-state index contributed by atoms with van der Waals surface area (Å²) in [5, 5.41) is 1.21. The van der Waals surface area contributed by atoms with Gasteiger partial charge in [-0.15, -0.1) is 0 Å². The zero-order chi connectivity index (χ0) is 15.6. The Labute approximate surface area is 136 Å². The largest absolute Gasteiger partial charge is 0.365 e. The average Bonchev–Trinajstić information content (AvgIpc) is 2.82. The van der Waals surface area contributed by atoms with Crippen LogP contribution in [0.5, 0.6) is 0 Å². The van der Waals surface area contributed by atoms with E-state index >= 15 is 0 Å². The van der Waals surface area contributed by atoms with Gasteiger partial charge in [0.25, 0.3) is 0 Å². The first-order valence-electron chi connectivity index (χ1n) is 8.20. The van der Waals surface area contributed by atoms with Gasteiger partial charge in [-0.05, 0) is 51.7 Å². The summed E-state index contributed by atoms with van der Waals surface area (Å²) in [7, 11) is 0.